The first-order valence-electron chi connectivity index (χ1n) is 7.47. The highest BCUT2D eigenvalue weighted by Crippen LogP contribution is 2.13. The number of amides is 2. The van der Waals surface area contributed by atoms with E-state index in [1.54, 1.807) is 29.0 Å². The van der Waals surface area contributed by atoms with Gasteiger partial charge in [-0.15, -0.1) is 0 Å². The van der Waals surface area contributed by atoms with Crippen molar-refractivity contribution in [2.75, 3.05) is 33.2 Å². The number of halogens is 1. The zero-order valence-corrected chi connectivity index (χ0v) is 13.0. The maximum Gasteiger partial charge on any atom is 0.242 e. The van der Waals surface area contributed by atoms with Crippen molar-refractivity contribution in [1.82, 2.24) is 15.1 Å². The summed E-state index contributed by atoms with van der Waals surface area (Å²) in [6, 6.07) is 6.24. The fourth-order valence-corrected chi connectivity index (χ4v) is 2.62. The summed E-state index contributed by atoms with van der Waals surface area (Å²) in [6.07, 6.45) is 0. The summed E-state index contributed by atoms with van der Waals surface area (Å²) in [6.45, 7) is 3.92. The molecule has 2 rings (SSSR count). The van der Waals surface area contributed by atoms with Crippen molar-refractivity contribution in [1.29, 1.82) is 0 Å². The standard InChI is InChI=1S/C16H22FN3O2/c1-12(9-18-2)16(22)20-7-6-19(15(21)11-20)10-13-4-3-5-14(17)8-13/h3-5,8,12,18H,6-7,9-11H2,1-2H3. The summed E-state index contributed by atoms with van der Waals surface area (Å²) in [7, 11) is 1.80. The Labute approximate surface area is 130 Å². The average molecular weight is 307 g/mol. The Morgan fingerprint density at radius 3 is 2.82 bits per heavy atom. The van der Waals surface area contributed by atoms with Gasteiger partial charge in [-0.1, -0.05) is 19.1 Å². The number of rotatable bonds is 5. The Hall–Kier alpha value is -1.95. The number of piperazine rings is 1. The molecule has 1 N–H and O–H groups in total. The number of carbonyl (C=O) groups excluding carboxylic acids is 2. The van der Waals surface area contributed by atoms with Crippen LogP contribution in [0.1, 0.15) is 12.5 Å². The summed E-state index contributed by atoms with van der Waals surface area (Å²) in [5, 5.41) is 2.97. The van der Waals surface area contributed by atoms with Crippen molar-refractivity contribution in [3.05, 3.63) is 35.6 Å². The van der Waals surface area contributed by atoms with E-state index in [-0.39, 0.29) is 30.1 Å². The highest BCUT2D eigenvalue weighted by molar-refractivity contribution is 5.87. The molecule has 0 aliphatic carbocycles. The van der Waals surface area contributed by atoms with Gasteiger partial charge >= 0.3 is 0 Å². The van der Waals surface area contributed by atoms with E-state index in [9.17, 15) is 14.0 Å². The van der Waals surface area contributed by atoms with E-state index >= 15 is 0 Å². The number of nitrogens with one attached hydrogen (secondary N) is 1. The Bertz CT molecular complexity index is 550. The van der Waals surface area contributed by atoms with Gasteiger partial charge in [0.25, 0.3) is 0 Å². The maximum absolute atomic E-state index is 13.2. The molecule has 22 heavy (non-hydrogen) atoms. The summed E-state index contributed by atoms with van der Waals surface area (Å²) in [4.78, 5) is 27.7. The molecule has 1 aromatic rings. The van der Waals surface area contributed by atoms with Crippen LogP contribution in [0.3, 0.4) is 0 Å². The third-order valence-electron chi connectivity index (χ3n) is 3.82. The zero-order valence-electron chi connectivity index (χ0n) is 13.0. The molecule has 0 radical (unpaired) electrons. The van der Waals surface area contributed by atoms with Crippen LogP contribution >= 0.6 is 0 Å². The fraction of sp³-hybridized carbons (Fsp3) is 0.500. The van der Waals surface area contributed by atoms with E-state index < -0.39 is 0 Å². The van der Waals surface area contributed by atoms with Crippen LogP contribution in [-0.2, 0) is 16.1 Å². The molecule has 1 aromatic carbocycles. The SMILES string of the molecule is CNCC(C)C(=O)N1CCN(Cc2cccc(F)c2)C(=O)C1. The first-order valence-corrected chi connectivity index (χ1v) is 7.47. The lowest BCUT2D eigenvalue weighted by molar-refractivity contribution is -0.147. The Morgan fingerprint density at radius 1 is 1.41 bits per heavy atom. The van der Waals surface area contributed by atoms with Gasteiger partial charge in [-0.3, -0.25) is 9.59 Å². The van der Waals surface area contributed by atoms with Gasteiger partial charge < -0.3 is 15.1 Å². The molecular weight excluding hydrogens is 285 g/mol. The van der Waals surface area contributed by atoms with Gasteiger partial charge in [-0.25, -0.2) is 4.39 Å². The van der Waals surface area contributed by atoms with Crippen molar-refractivity contribution in [2.45, 2.75) is 13.5 Å². The average Bonchev–Trinajstić information content (AvgIpc) is 2.49. The monoisotopic (exact) mass is 307 g/mol. The summed E-state index contributed by atoms with van der Waals surface area (Å²) >= 11 is 0. The van der Waals surface area contributed by atoms with E-state index in [1.807, 2.05) is 6.92 Å². The minimum atomic E-state index is -0.306. The van der Waals surface area contributed by atoms with Crippen LogP contribution in [0.2, 0.25) is 0 Å². The van der Waals surface area contributed by atoms with Gasteiger partial charge in [-0.2, -0.15) is 0 Å². The molecule has 1 saturated heterocycles. The lowest BCUT2D eigenvalue weighted by Crippen LogP contribution is -2.53. The third kappa shape index (κ3) is 4.04. The molecule has 1 heterocycles. The van der Waals surface area contributed by atoms with Crippen molar-refractivity contribution in [2.24, 2.45) is 5.92 Å². The van der Waals surface area contributed by atoms with Crippen LogP contribution in [0, 0.1) is 11.7 Å². The van der Waals surface area contributed by atoms with E-state index in [0.29, 0.717) is 26.2 Å². The van der Waals surface area contributed by atoms with Gasteiger partial charge in [0.1, 0.15) is 5.82 Å². The maximum atomic E-state index is 13.2. The minimum absolute atomic E-state index is 0.00638. The number of nitrogens with zero attached hydrogens (tertiary/aromatic N) is 2. The molecule has 1 atom stereocenters. The van der Waals surface area contributed by atoms with Gasteiger partial charge in [-0.05, 0) is 24.7 Å². The van der Waals surface area contributed by atoms with Gasteiger partial charge in [0.15, 0.2) is 0 Å². The summed E-state index contributed by atoms with van der Waals surface area (Å²) < 4.78 is 13.2. The first-order chi connectivity index (χ1) is 10.5. The molecular formula is C16H22FN3O2. The van der Waals surface area contributed by atoms with Crippen LogP contribution < -0.4 is 5.32 Å². The molecule has 0 spiro atoms. The van der Waals surface area contributed by atoms with Crippen LogP contribution in [0.15, 0.2) is 24.3 Å². The largest absolute Gasteiger partial charge is 0.335 e. The topological polar surface area (TPSA) is 52.7 Å². The molecule has 0 bridgehead atoms. The Balaban J connectivity index is 1.93. The summed E-state index contributed by atoms with van der Waals surface area (Å²) in [5.41, 5.74) is 0.761. The molecule has 1 aliphatic rings. The van der Waals surface area contributed by atoms with Gasteiger partial charge in [0.05, 0.1) is 6.54 Å². The second-order valence-corrected chi connectivity index (χ2v) is 5.66. The highest BCUT2D eigenvalue weighted by atomic mass is 19.1. The zero-order chi connectivity index (χ0) is 16.1. The number of hydrogen-bond acceptors (Lipinski definition) is 3. The number of benzene rings is 1. The Kier molecular flexibility index (Phi) is 5.49. The Morgan fingerprint density at radius 2 is 2.18 bits per heavy atom. The quantitative estimate of drug-likeness (QED) is 0.877. The lowest BCUT2D eigenvalue weighted by atomic mass is 10.1. The molecule has 120 valence electrons. The third-order valence-corrected chi connectivity index (χ3v) is 3.82. The minimum Gasteiger partial charge on any atom is -0.335 e. The molecule has 1 aliphatic heterocycles. The lowest BCUT2D eigenvalue weighted by Gasteiger charge is -2.35. The summed E-state index contributed by atoms with van der Waals surface area (Å²) in [5.74, 6) is -0.555. The van der Waals surface area contributed by atoms with Gasteiger partial charge in [0, 0.05) is 32.1 Å². The number of carbonyl (C=O) groups is 2. The van der Waals surface area contributed by atoms with Crippen LogP contribution in [0.4, 0.5) is 4.39 Å². The predicted octanol–water partition coefficient (Wildman–Crippen LogP) is 0.852. The molecule has 1 unspecified atom stereocenters. The highest BCUT2D eigenvalue weighted by Gasteiger charge is 2.29. The van der Waals surface area contributed by atoms with Crippen LogP contribution in [-0.4, -0.2) is 54.8 Å². The van der Waals surface area contributed by atoms with E-state index in [0.717, 1.165) is 5.56 Å². The number of hydrogen-bond donors (Lipinski definition) is 1. The molecule has 0 aromatic heterocycles. The second-order valence-electron chi connectivity index (χ2n) is 5.66. The van der Waals surface area contributed by atoms with Gasteiger partial charge in [0.2, 0.25) is 11.8 Å². The van der Waals surface area contributed by atoms with Crippen LogP contribution in [0.25, 0.3) is 0 Å². The van der Waals surface area contributed by atoms with Crippen molar-refractivity contribution in [3.8, 4) is 0 Å². The first kappa shape index (κ1) is 16.4. The smallest absolute Gasteiger partial charge is 0.242 e. The van der Waals surface area contributed by atoms with Crippen molar-refractivity contribution >= 4 is 11.8 Å². The van der Waals surface area contributed by atoms with Crippen molar-refractivity contribution in [3.63, 3.8) is 0 Å². The van der Waals surface area contributed by atoms with Crippen LogP contribution in [0.5, 0.6) is 0 Å². The molecule has 5 nitrogen and oxygen atoms in total. The fourth-order valence-electron chi connectivity index (χ4n) is 2.62. The molecule has 6 heteroatoms. The van der Waals surface area contributed by atoms with E-state index in [2.05, 4.69) is 5.32 Å². The predicted molar refractivity (Wildman–Crippen MR) is 81.5 cm³/mol. The normalized spacial score (nSPS) is 16.8. The van der Waals surface area contributed by atoms with E-state index in [4.69, 9.17) is 0 Å². The second kappa shape index (κ2) is 7.35. The van der Waals surface area contributed by atoms with E-state index in [1.165, 1.54) is 12.1 Å². The molecule has 0 saturated carbocycles. The van der Waals surface area contributed by atoms with Crippen molar-refractivity contribution < 1.29 is 14.0 Å². The molecule has 1 fully saturated rings. The molecule has 2 amide bonds.